The third-order valence-electron chi connectivity index (χ3n) is 3.60. The van der Waals surface area contributed by atoms with Gasteiger partial charge in [-0.15, -0.1) is 0 Å². The molecule has 26 heavy (non-hydrogen) atoms. The SMILES string of the molecule is CC(C)(C)OC(=O)N1C[C@@H](Oc2ccc([N+](=O)[O-])cc2Cl)C[C@H]1C(=O)O. The van der Waals surface area contributed by atoms with Gasteiger partial charge in [-0.1, -0.05) is 11.6 Å². The lowest BCUT2D eigenvalue weighted by atomic mass is 10.2. The Hall–Kier alpha value is -2.55. The summed E-state index contributed by atoms with van der Waals surface area (Å²) in [7, 11) is 0. The molecule has 0 radical (unpaired) electrons. The van der Waals surface area contributed by atoms with Crippen LogP contribution in [0, 0.1) is 10.1 Å². The third-order valence-corrected chi connectivity index (χ3v) is 3.89. The third kappa shape index (κ3) is 4.75. The number of hydrogen-bond acceptors (Lipinski definition) is 6. The van der Waals surface area contributed by atoms with Crippen LogP contribution >= 0.6 is 11.6 Å². The van der Waals surface area contributed by atoms with Gasteiger partial charge in [-0.3, -0.25) is 15.0 Å². The minimum absolute atomic E-state index is 0.000797. The summed E-state index contributed by atoms with van der Waals surface area (Å²) in [4.78, 5) is 35.0. The first kappa shape index (κ1) is 19.8. The maximum absolute atomic E-state index is 12.2. The molecule has 1 aromatic carbocycles. The molecule has 0 aromatic heterocycles. The van der Waals surface area contributed by atoms with Crippen molar-refractivity contribution >= 4 is 29.4 Å². The Balaban J connectivity index is 2.13. The maximum atomic E-state index is 12.2. The molecular formula is C16H19ClN2O7. The second kappa shape index (κ2) is 7.36. The van der Waals surface area contributed by atoms with Crippen LogP contribution in [-0.2, 0) is 9.53 Å². The minimum atomic E-state index is -1.17. The average Bonchev–Trinajstić information content (AvgIpc) is 2.92. The van der Waals surface area contributed by atoms with Gasteiger partial charge in [0.2, 0.25) is 0 Å². The number of nitro benzene ring substituents is 1. The number of benzene rings is 1. The number of hydrogen-bond donors (Lipinski definition) is 1. The van der Waals surface area contributed by atoms with E-state index in [9.17, 15) is 24.8 Å². The molecule has 1 aliphatic heterocycles. The highest BCUT2D eigenvalue weighted by molar-refractivity contribution is 6.32. The molecule has 9 nitrogen and oxygen atoms in total. The van der Waals surface area contributed by atoms with Crippen molar-refractivity contribution in [2.45, 2.75) is 44.9 Å². The van der Waals surface area contributed by atoms with Gasteiger partial charge in [-0.2, -0.15) is 0 Å². The highest BCUT2D eigenvalue weighted by Crippen LogP contribution is 2.32. The van der Waals surface area contributed by atoms with Crippen LogP contribution in [0.4, 0.5) is 10.5 Å². The number of carboxylic acid groups (broad SMARTS) is 1. The summed E-state index contributed by atoms with van der Waals surface area (Å²) in [6.07, 6.45) is -1.34. The van der Waals surface area contributed by atoms with E-state index in [0.29, 0.717) is 0 Å². The van der Waals surface area contributed by atoms with Crippen LogP contribution in [0.25, 0.3) is 0 Å². The van der Waals surface area contributed by atoms with Gasteiger partial charge in [-0.25, -0.2) is 9.59 Å². The minimum Gasteiger partial charge on any atom is -0.487 e. The molecule has 0 unspecified atom stereocenters. The van der Waals surface area contributed by atoms with Crippen molar-refractivity contribution in [3.05, 3.63) is 33.3 Å². The molecule has 0 spiro atoms. The Morgan fingerprint density at radius 2 is 2.04 bits per heavy atom. The van der Waals surface area contributed by atoms with E-state index >= 15 is 0 Å². The second-order valence-corrected chi connectivity index (χ2v) is 7.24. The number of halogens is 1. The van der Waals surface area contributed by atoms with Crippen LogP contribution in [-0.4, -0.2) is 51.3 Å². The van der Waals surface area contributed by atoms with Gasteiger partial charge in [0.25, 0.3) is 5.69 Å². The number of amides is 1. The Kier molecular flexibility index (Phi) is 5.60. The van der Waals surface area contributed by atoms with Gasteiger partial charge in [-0.05, 0) is 26.8 Å². The standard InChI is InChI=1S/C16H19ClN2O7/c1-16(2,3)26-15(22)18-8-10(7-12(18)14(20)21)25-13-5-4-9(19(23)24)6-11(13)17/h4-6,10,12H,7-8H2,1-3H3,(H,20,21)/t10-,12-/m0/s1. The van der Waals surface area contributed by atoms with Crippen molar-refractivity contribution in [2.24, 2.45) is 0 Å². The largest absolute Gasteiger partial charge is 0.487 e. The molecule has 1 fully saturated rings. The van der Waals surface area contributed by atoms with E-state index in [4.69, 9.17) is 21.1 Å². The zero-order valence-electron chi connectivity index (χ0n) is 14.5. The number of non-ortho nitro benzene ring substituents is 1. The highest BCUT2D eigenvalue weighted by Gasteiger charge is 2.42. The zero-order chi connectivity index (χ0) is 19.6. The molecule has 10 heteroatoms. The maximum Gasteiger partial charge on any atom is 0.411 e. The molecule has 2 atom stereocenters. The number of ether oxygens (including phenoxy) is 2. The molecule has 0 saturated carbocycles. The Morgan fingerprint density at radius 3 is 2.54 bits per heavy atom. The van der Waals surface area contributed by atoms with Crippen molar-refractivity contribution in [2.75, 3.05) is 6.54 Å². The van der Waals surface area contributed by atoms with Crippen LogP contribution in [0.2, 0.25) is 5.02 Å². The number of carbonyl (C=O) groups excluding carboxylic acids is 1. The number of likely N-dealkylation sites (tertiary alicyclic amines) is 1. The van der Waals surface area contributed by atoms with E-state index in [1.165, 1.54) is 12.1 Å². The molecule has 1 saturated heterocycles. The van der Waals surface area contributed by atoms with Gasteiger partial charge in [0.05, 0.1) is 16.5 Å². The molecule has 0 bridgehead atoms. The molecule has 1 heterocycles. The first-order valence-electron chi connectivity index (χ1n) is 7.81. The quantitative estimate of drug-likeness (QED) is 0.623. The number of carboxylic acids is 1. The van der Waals surface area contributed by atoms with Crippen LogP contribution in [0.3, 0.4) is 0 Å². The topological polar surface area (TPSA) is 119 Å². The molecule has 1 aliphatic rings. The van der Waals surface area contributed by atoms with E-state index in [0.717, 1.165) is 11.0 Å². The Labute approximate surface area is 154 Å². The molecule has 1 amide bonds. The van der Waals surface area contributed by atoms with Gasteiger partial charge < -0.3 is 14.6 Å². The van der Waals surface area contributed by atoms with Crippen molar-refractivity contribution < 1.29 is 29.1 Å². The molecule has 0 aliphatic carbocycles. The van der Waals surface area contributed by atoms with E-state index in [1.54, 1.807) is 20.8 Å². The number of rotatable bonds is 4. The Bertz CT molecular complexity index is 732. The van der Waals surface area contributed by atoms with Crippen molar-refractivity contribution in [1.29, 1.82) is 0 Å². The van der Waals surface area contributed by atoms with Crippen molar-refractivity contribution in [3.63, 3.8) is 0 Å². The molecule has 2 rings (SSSR count). The second-order valence-electron chi connectivity index (χ2n) is 6.83. The monoisotopic (exact) mass is 386 g/mol. The summed E-state index contributed by atoms with van der Waals surface area (Å²) in [5.41, 5.74) is -0.951. The molecular weight excluding hydrogens is 368 g/mol. The highest BCUT2D eigenvalue weighted by atomic mass is 35.5. The lowest BCUT2D eigenvalue weighted by molar-refractivity contribution is -0.384. The van der Waals surface area contributed by atoms with Crippen LogP contribution in [0.15, 0.2) is 18.2 Å². The van der Waals surface area contributed by atoms with Gasteiger partial charge in [0.15, 0.2) is 0 Å². The normalized spacial score (nSPS) is 19.9. The zero-order valence-corrected chi connectivity index (χ0v) is 15.2. The smallest absolute Gasteiger partial charge is 0.411 e. The van der Waals surface area contributed by atoms with Gasteiger partial charge >= 0.3 is 12.1 Å². The van der Waals surface area contributed by atoms with Crippen molar-refractivity contribution in [1.82, 2.24) is 4.90 Å². The van der Waals surface area contributed by atoms with Gasteiger partial charge in [0, 0.05) is 18.6 Å². The van der Waals surface area contributed by atoms with Crippen LogP contribution < -0.4 is 4.74 Å². The molecule has 142 valence electrons. The summed E-state index contributed by atoms with van der Waals surface area (Å²) in [6.45, 7) is 5.04. The fraction of sp³-hybridized carbons (Fsp3) is 0.500. The lowest BCUT2D eigenvalue weighted by Gasteiger charge is -2.26. The summed E-state index contributed by atoms with van der Waals surface area (Å²) < 4.78 is 10.9. The van der Waals surface area contributed by atoms with E-state index in [1.807, 2.05) is 0 Å². The van der Waals surface area contributed by atoms with Crippen molar-refractivity contribution in [3.8, 4) is 5.75 Å². The first-order chi connectivity index (χ1) is 12.0. The molecule has 1 N–H and O–H groups in total. The number of nitrogens with zero attached hydrogens (tertiary/aromatic N) is 2. The fourth-order valence-electron chi connectivity index (χ4n) is 2.52. The average molecular weight is 387 g/mol. The van der Waals surface area contributed by atoms with E-state index in [2.05, 4.69) is 0 Å². The first-order valence-corrected chi connectivity index (χ1v) is 8.19. The number of aliphatic carboxylic acids is 1. The summed E-state index contributed by atoms with van der Waals surface area (Å²) >= 11 is 5.99. The summed E-state index contributed by atoms with van der Waals surface area (Å²) in [5.74, 6) is -0.991. The fourth-order valence-corrected chi connectivity index (χ4v) is 2.74. The summed E-state index contributed by atoms with van der Waals surface area (Å²) in [6, 6.07) is 2.63. The number of nitro groups is 1. The Morgan fingerprint density at radius 1 is 1.38 bits per heavy atom. The lowest BCUT2D eigenvalue weighted by Crippen LogP contribution is -2.43. The van der Waals surface area contributed by atoms with Gasteiger partial charge in [0.1, 0.15) is 23.5 Å². The van der Waals surface area contributed by atoms with Crippen LogP contribution in [0.5, 0.6) is 5.75 Å². The predicted molar refractivity (Wildman–Crippen MR) is 91.5 cm³/mol. The van der Waals surface area contributed by atoms with E-state index in [-0.39, 0.29) is 29.4 Å². The predicted octanol–water partition coefficient (Wildman–Crippen LogP) is 3.09. The number of carbonyl (C=O) groups is 2. The summed E-state index contributed by atoms with van der Waals surface area (Å²) in [5, 5.41) is 20.1. The van der Waals surface area contributed by atoms with Crippen LogP contribution in [0.1, 0.15) is 27.2 Å². The van der Waals surface area contributed by atoms with E-state index < -0.39 is 34.7 Å². The molecule has 1 aromatic rings.